The van der Waals surface area contributed by atoms with Gasteiger partial charge < -0.3 is 4.74 Å². The second kappa shape index (κ2) is 9.31. The summed E-state index contributed by atoms with van der Waals surface area (Å²) in [6.07, 6.45) is 5.78. The van der Waals surface area contributed by atoms with Crippen molar-refractivity contribution in [3.63, 3.8) is 0 Å². The second-order valence-corrected chi connectivity index (χ2v) is 3.30. The van der Waals surface area contributed by atoms with Gasteiger partial charge in [-0.25, -0.2) is 0 Å². The highest BCUT2D eigenvalue weighted by atomic mass is 32.2. The average molecular weight is 162 g/mol. The Morgan fingerprint density at radius 2 is 1.90 bits per heavy atom. The van der Waals surface area contributed by atoms with Crippen molar-refractivity contribution in [1.29, 1.82) is 0 Å². The van der Waals surface area contributed by atoms with E-state index in [2.05, 4.69) is 13.2 Å². The maximum atomic E-state index is 5.36. The summed E-state index contributed by atoms with van der Waals surface area (Å²) < 4.78 is 5.36. The lowest BCUT2D eigenvalue weighted by atomic mass is 10.4. The molecular weight excluding hydrogens is 144 g/mol. The fourth-order valence-electron chi connectivity index (χ4n) is 0.654. The molecule has 0 aliphatic carbocycles. The minimum absolute atomic E-state index is 0.945. The molecule has 0 amide bonds. The molecule has 0 saturated carbocycles. The van der Waals surface area contributed by atoms with Crippen molar-refractivity contribution in [1.82, 2.24) is 0 Å². The van der Waals surface area contributed by atoms with E-state index in [1.807, 2.05) is 11.8 Å². The van der Waals surface area contributed by atoms with E-state index in [-0.39, 0.29) is 0 Å². The van der Waals surface area contributed by atoms with Crippen LogP contribution in [-0.4, -0.2) is 25.2 Å². The van der Waals surface area contributed by atoms with E-state index in [9.17, 15) is 0 Å². The van der Waals surface area contributed by atoms with Crippen molar-refractivity contribution in [2.45, 2.75) is 26.2 Å². The maximum Gasteiger partial charge on any atom is 0.0473 e. The highest BCUT2D eigenvalue weighted by molar-refractivity contribution is 7.98. The number of ether oxygens (including phenoxy) is 1. The lowest BCUT2D eigenvalue weighted by Crippen LogP contribution is -1.97. The van der Waals surface area contributed by atoms with E-state index >= 15 is 0 Å². The Kier molecular flexibility index (Phi) is 9.60. The third kappa shape index (κ3) is 8.31. The normalized spacial score (nSPS) is 10.2. The van der Waals surface area contributed by atoms with Gasteiger partial charge >= 0.3 is 0 Å². The molecule has 0 aromatic rings. The molecule has 0 atom stereocenters. The minimum atomic E-state index is 0.945. The van der Waals surface area contributed by atoms with E-state index in [0.29, 0.717) is 0 Å². The summed E-state index contributed by atoms with van der Waals surface area (Å²) in [5, 5.41) is 0. The molecule has 0 bridgehead atoms. The number of rotatable bonds is 7. The number of hydrogen-bond donors (Lipinski definition) is 0. The first-order chi connectivity index (χ1) is 4.91. The summed E-state index contributed by atoms with van der Waals surface area (Å²) in [7, 11) is 0. The van der Waals surface area contributed by atoms with Crippen LogP contribution in [0.1, 0.15) is 26.2 Å². The Balaban J connectivity index is 2.65. The van der Waals surface area contributed by atoms with E-state index < -0.39 is 0 Å². The predicted octanol–water partition coefficient (Wildman–Crippen LogP) is 2.56. The highest BCUT2D eigenvalue weighted by Gasteiger charge is 1.86. The summed E-state index contributed by atoms with van der Waals surface area (Å²) in [4.78, 5) is 0. The molecule has 0 aliphatic heterocycles. The topological polar surface area (TPSA) is 9.23 Å². The molecule has 0 saturated heterocycles. The van der Waals surface area contributed by atoms with Crippen molar-refractivity contribution >= 4 is 11.8 Å². The fourth-order valence-corrected chi connectivity index (χ4v) is 1.06. The first-order valence-corrected chi connectivity index (χ1v) is 5.38. The van der Waals surface area contributed by atoms with Gasteiger partial charge in [0, 0.05) is 13.2 Å². The molecule has 62 valence electrons. The number of thioether (sulfide) groups is 1. The standard InChI is InChI=1S/C8H18OS/c1-3-4-6-9-7-5-8-10-2/h3-8H2,1-2H3. The van der Waals surface area contributed by atoms with Crippen molar-refractivity contribution in [2.75, 3.05) is 25.2 Å². The zero-order valence-corrected chi connectivity index (χ0v) is 7.88. The molecule has 1 nitrogen and oxygen atoms in total. The summed E-state index contributed by atoms with van der Waals surface area (Å²) in [5.41, 5.74) is 0. The van der Waals surface area contributed by atoms with Crippen LogP contribution < -0.4 is 0 Å². The zero-order chi connectivity index (χ0) is 7.66. The van der Waals surface area contributed by atoms with E-state index in [4.69, 9.17) is 4.74 Å². The van der Waals surface area contributed by atoms with Gasteiger partial charge in [-0.3, -0.25) is 0 Å². The number of unbranched alkanes of at least 4 members (excludes halogenated alkanes) is 1. The predicted molar refractivity (Wildman–Crippen MR) is 48.7 cm³/mol. The van der Waals surface area contributed by atoms with Crippen LogP contribution >= 0.6 is 11.8 Å². The molecule has 0 aromatic heterocycles. The van der Waals surface area contributed by atoms with Crippen LogP contribution in [0, 0.1) is 0 Å². The molecule has 0 spiro atoms. The molecule has 0 unspecified atom stereocenters. The first-order valence-electron chi connectivity index (χ1n) is 3.98. The van der Waals surface area contributed by atoms with Gasteiger partial charge in [0.15, 0.2) is 0 Å². The van der Waals surface area contributed by atoms with E-state index in [1.54, 1.807) is 0 Å². The first kappa shape index (κ1) is 10.3. The van der Waals surface area contributed by atoms with Crippen LogP contribution in [0.3, 0.4) is 0 Å². The van der Waals surface area contributed by atoms with E-state index in [0.717, 1.165) is 13.2 Å². The van der Waals surface area contributed by atoms with Crippen molar-refractivity contribution in [3.05, 3.63) is 0 Å². The Morgan fingerprint density at radius 1 is 1.20 bits per heavy atom. The lowest BCUT2D eigenvalue weighted by molar-refractivity contribution is 0.132. The summed E-state index contributed by atoms with van der Waals surface area (Å²) in [5.74, 6) is 1.23. The van der Waals surface area contributed by atoms with Crippen LogP contribution in [0.15, 0.2) is 0 Å². The van der Waals surface area contributed by atoms with Crippen LogP contribution in [0.25, 0.3) is 0 Å². The zero-order valence-electron chi connectivity index (χ0n) is 7.06. The SMILES string of the molecule is CCCCOCCCSC. The Hall–Kier alpha value is 0.310. The average Bonchev–Trinajstić information content (AvgIpc) is 1.97. The second-order valence-electron chi connectivity index (χ2n) is 2.31. The monoisotopic (exact) mass is 162 g/mol. The van der Waals surface area contributed by atoms with Crippen molar-refractivity contribution in [2.24, 2.45) is 0 Å². The van der Waals surface area contributed by atoms with Crippen molar-refractivity contribution in [3.8, 4) is 0 Å². The minimum Gasteiger partial charge on any atom is -0.381 e. The Morgan fingerprint density at radius 3 is 2.50 bits per heavy atom. The van der Waals surface area contributed by atoms with Gasteiger partial charge in [0.2, 0.25) is 0 Å². The van der Waals surface area contributed by atoms with Crippen LogP contribution in [0.4, 0.5) is 0 Å². The quantitative estimate of drug-likeness (QED) is 0.532. The third-order valence-electron chi connectivity index (χ3n) is 1.28. The molecule has 0 heterocycles. The molecule has 0 N–H and O–H groups in total. The highest BCUT2D eigenvalue weighted by Crippen LogP contribution is 1.96. The van der Waals surface area contributed by atoms with Gasteiger partial charge in [-0.05, 0) is 24.9 Å². The van der Waals surface area contributed by atoms with Crippen molar-refractivity contribution < 1.29 is 4.74 Å². The Bertz CT molecular complexity index is 49.2. The summed E-state index contributed by atoms with van der Waals surface area (Å²) in [6, 6.07) is 0. The van der Waals surface area contributed by atoms with Gasteiger partial charge in [0.05, 0.1) is 0 Å². The fraction of sp³-hybridized carbons (Fsp3) is 1.00. The largest absolute Gasteiger partial charge is 0.381 e. The molecule has 0 fully saturated rings. The van der Waals surface area contributed by atoms with E-state index in [1.165, 1.54) is 25.0 Å². The molecule has 2 heteroatoms. The lowest BCUT2D eigenvalue weighted by Gasteiger charge is -2.00. The molecular formula is C8H18OS. The maximum absolute atomic E-state index is 5.36. The van der Waals surface area contributed by atoms with Gasteiger partial charge in [-0.2, -0.15) is 11.8 Å². The summed E-state index contributed by atoms with van der Waals surface area (Å²) >= 11 is 1.89. The summed E-state index contributed by atoms with van der Waals surface area (Å²) in [6.45, 7) is 4.08. The molecule has 0 radical (unpaired) electrons. The molecule has 0 rings (SSSR count). The molecule has 10 heavy (non-hydrogen) atoms. The smallest absolute Gasteiger partial charge is 0.0473 e. The van der Waals surface area contributed by atoms with Crippen LogP contribution in [0.2, 0.25) is 0 Å². The number of hydrogen-bond acceptors (Lipinski definition) is 2. The van der Waals surface area contributed by atoms with Gasteiger partial charge in [0.25, 0.3) is 0 Å². The van der Waals surface area contributed by atoms with Gasteiger partial charge in [0.1, 0.15) is 0 Å². The molecule has 0 aromatic carbocycles. The van der Waals surface area contributed by atoms with Crippen LogP contribution in [-0.2, 0) is 4.74 Å². The van der Waals surface area contributed by atoms with Gasteiger partial charge in [-0.15, -0.1) is 0 Å². The third-order valence-corrected chi connectivity index (χ3v) is 1.98. The van der Waals surface area contributed by atoms with Gasteiger partial charge in [-0.1, -0.05) is 13.3 Å². The Labute approximate surface area is 68.5 Å². The molecule has 0 aliphatic rings. The van der Waals surface area contributed by atoms with Crippen LogP contribution in [0.5, 0.6) is 0 Å².